The lowest BCUT2D eigenvalue weighted by atomic mass is 10.6. The maximum atomic E-state index is 5.32. The van der Waals surface area contributed by atoms with Crippen molar-refractivity contribution in [3.05, 3.63) is 12.4 Å². The van der Waals surface area contributed by atoms with E-state index in [9.17, 15) is 0 Å². The third-order valence-electron chi connectivity index (χ3n) is 0.795. The van der Waals surface area contributed by atoms with Crippen LogP contribution in [0, 0.1) is 0 Å². The largest absolute Gasteiger partial charge is 0.473 e. The highest BCUT2D eigenvalue weighted by Gasteiger charge is 1.95. The Bertz CT molecular complexity index is 159. The predicted molar refractivity (Wildman–Crippen MR) is 32.9 cm³/mol. The van der Waals surface area contributed by atoms with Crippen molar-refractivity contribution in [2.45, 2.75) is 13.2 Å². The van der Waals surface area contributed by atoms with E-state index < -0.39 is 0 Å². The number of nitrogens with zero attached hydrogens (tertiary/aromatic N) is 1. The number of hydrogen-bond donors (Lipinski definition) is 2. The maximum Gasteiger partial charge on any atom is 0.159 e. The molecule has 4 heteroatoms. The van der Waals surface area contributed by atoms with Gasteiger partial charge in [0.25, 0.3) is 0 Å². The van der Waals surface area contributed by atoms with Crippen molar-refractivity contribution >= 4 is 0 Å². The summed E-state index contributed by atoms with van der Waals surface area (Å²) >= 11 is 0. The molecule has 0 aliphatic rings. The van der Waals surface area contributed by atoms with Gasteiger partial charge in [0.05, 0.1) is 12.4 Å². The Morgan fingerprint density at radius 3 is 3.11 bits per heavy atom. The second-order valence-electron chi connectivity index (χ2n) is 1.76. The summed E-state index contributed by atoms with van der Waals surface area (Å²) in [5.41, 5.74) is 5.32. The SMILES string of the molecule is CC(N)Oc1cn[nH]c1. The molecule has 0 saturated carbocycles. The van der Waals surface area contributed by atoms with Crippen LogP contribution < -0.4 is 10.5 Å². The average Bonchev–Trinajstić information content (AvgIpc) is 2.15. The van der Waals surface area contributed by atoms with Crippen LogP contribution in [0.1, 0.15) is 6.92 Å². The van der Waals surface area contributed by atoms with E-state index in [-0.39, 0.29) is 6.23 Å². The van der Waals surface area contributed by atoms with Crippen LogP contribution in [0.4, 0.5) is 0 Å². The molecule has 1 heterocycles. The van der Waals surface area contributed by atoms with Gasteiger partial charge in [-0.3, -0.25) is 10.8 Å². The van der Waals surface area contributed by atoms with Gasteiger partial charge >= 0.3 is 0 Å². The van der Waals surface area contributed by atoms with Crippen molar-refractivity contribution in [2.75, 3.05) is 0 Å². The highest BCUT2D eigenvalue weighted by atomic mass is 16.5. The van der Waals surface area contributed by atoms with Crippen molar-refractivity contribution in [1.29, 1.82) is 0 Å². The normalized spacial score (nSPS) is 13.1. The van der Waals surface area contributed by atoms with Crippen LogP contribution in [0.3, 0.4) is 0 Å². The van der Waals surface area contributed by atoms with Gasteiger partial charge in [-0.2, -0.15) is 5.10 Å². The molecule has 1 rings (SSSR count). The van der Waals surface area contributed by atoms with Crippen molar-refractivity contribution < 1.29 is 4.74 Å². The lowest BCUT2D eigenvalue weighted by molar-refractivity contribution is 0.230. The molecule has 0 aromatic carbocycles. The second-order valence-corrected chi connectivity index (χ2v) is 1.76. The van der Waals surface area contributed by atoms with Crippen molar-refractivity contribution in [1.82, 2.24) is 10.2 Å². The van der Waals surface area contributed by atoms with E-state index in [1.807, 2.05) is 0 Å². The Kier molecular flexibility index (Phi) is 1.69. The zero-order valence-electron chi connectivity index (χ0n) is 5.16. The molecule has 3 N–H and O–H groups in total. The van der Waals surface area contributed by atoms with E-state index in [0.29, 0.717) is 5.75 Å². The van der Waals surface area contributed by atoms with Crippen LogP contribution in [0.15, 0.2) is 12.4 Å². The molecule has 4 nitrogen and oxygen atoms in total. The molecule has 0 radical (unpaired) electrons. The van der Waals surface area contributed by atoms with Crippen molar-refractivity contribution in [3.63, 3.8) is 0 Å². The summed E-state index contributed by atoms with van der Waals surface area (Å²) in [6.07, 6.45) is 2.94. The lowest BCUT2D eigenvalue weighted by Crippen LogP contribution is -2.22. The summed E-state index contributed by atoms with van der Waals surface area (Å²) in [5.74, 6) is 0.671. The number of nitrogens with two attached hydrogens (primary N) is 1. The molecule has 0 spiro atoms. The Morgan fingerprint density at radius 1 is 1.89 bits per heavy atom. The Morgan fingerprint density at radius 2 is 2.67 bits per heavy atom. The van der Waals surface area contributed by atoms with Crippen LogP contribution in [0.25, 0.3) is 0 Å². The van der Waals surface area contributed by atoms with Gasteiger partial charge in [0.1, 0.15) is 6.23 Å². The van der Waals surface area contributed by atoms with Crippen molar-refractivity contribution in [2.24, 2.45) is 5.73 Å². The molecule has 0 bridgehead atoms. The Balaban J connectivity index is 2.48. The van der Waals surface area contributed by atoms with Gasteiger partial charge in [-0.1, -0.05) is 0 Å². The Hall–Kier alpha value is -1.03. The van der Waals surface area contributed by atoms with Gasteiger partial charge in [0.15, 0.2) is 5.75 Å². The molecular formula is C5H9N3O. The lowest BCUT2D eigenvalue weighted by Gasteiger charge is -2.04. The topological polar surface area (TPSA) is 63.9 Å². The van der Waals surface area contributed by atoms with Gasteiger partial charge in [-0.05, 0) is 6.92 Å². The first-order valence-corrected chi connectivity index (χ1v) is 2.70. The molecule has 50 valence electrons. The first-order valence-electron chi connectivity index (χ1n) is 2.70. The highest BCUT2D eigenvalue weighted by molar-refractivity contribution is 5.10. The first-order chi connectivity index (χ1) is 4.29. The second kappa shape index (κ2) is 2.50. The molecule has 1 aromatic heterocycles. The highest BCUT2D eigenvalue weighted by Crippen LogP contribution is 2.04. The number of hydrogen-bond acceptors (Lipinski definition) is 3. The minimum atomic E-state index is -0.275. The standard InChI is InChI=1S/C5H9N3O/c1-4(6)9-5-2-7-8-3-5/h2-4H,6H2,1H3,(H,7,8). The molecule has 1 unspecified atom stereocenters. The number of ether oxygens (including phenoxy) is 1. The molecule has 1 aromatic rings. The fourth-order valence-corrected chi connectivity index (χ4v) is 0.518. The quantitative estimate of drug-likeness (QED) is 0.553. The summed E-state index contributed by atoms with van der Waals surface area (Å²) in [7, 11) is 0. The average molecular weight is 127 g/mol. The number of rotatable bonds is 2. The fraction of sp³-hybridized carbons (Fsp3) is 0.400. The predicted octanol–water partition coefficient (Wildman–Crippen LogP) is 0.0932. The maximum absolute atomic E-state index is 5.32. The van der Waals surface area contributed by atoms with Gasteiger partial charge in [0.2, 0.25) is 0 Å². The molecule has 0 aliphatic heterocycles. The molecule has 0 fully saturated rings. The van der Waals surface area contributed by atoms with E-state index in [0.717, 1.165) is 0 Å². The third kappa shape index (κ3) is 1.73. The molecule has 0 saturated heterocycles. The zero-order chi connectivity index (χ0) is 6.69. The van der Waals surface area contributed by atoms with E-state index in [1.54, 1.807) is 19.3 Å². The van der Waals surface area contributed by atoms with Crippen LogP contribution in [0.2, 0.25) is 0 Å². The summed E-state index contributed by atoms with van der Waals surface area (Å²) in [4.78, 5) is 0. The fourth-order valence-electron chi connectivity index (χ4n) is 0.518. The van der Waals surface area contributed by atoms with E-state index in [1.165, 1.54) is 0 Å². The molecule has 1 atom stereocenters. The summed E-state index contributed by atoms with van der Waals surface area (Å²) in [5, 5.41) is 6.27. The first kappa shape index (κ1) is 6.10. The minimum Gasteiger partial charge on any atom is -0.473 e. The number of aromatic nitrogens is 2. The zero-order valence-corrected chi connectivity index (χ0v) is 5.16. The molecule has 0 amide bonds. The van der Waals surface area contributed by atoms with Crippen LogP contribution in [-0.4, -0.2) is 16.4 Å². The molecular weight excluding hydrogens is 118 g/mol. The molecule has 0 aliphatic carbocycles. The van der Waals surface area contributed by atoms with Crippen molar-refractivity contribution in [3.8, 4) is 5.75 Å². The van der Waals surface area contributed by atoms with Gasteiger partial charge < -0.3 is 4.74 Å². The van der Waals surface area contributed by atoms with E-state index in [2.05, 4.69) is 10.2 Å². The van der Waals surface area contributed by atoms with Gasteiger partial charge in [-0.25, -0.2) is 0 Å². The smallest absolute Gasteiger partial charge is 0.159 e. The van der Waals surface area contributed by atoms with Gasteiger partial charge in [0, 0.05) is 0 Å². The summed E-state index contributed by atoms with van der Waals surface area (Å²) in [6, 6.07) is 0. The summed E-state index contributed by atoms with van der Waals surface area (Å²) in [6.45, 7) is 1.76. The minimum absolute atomic E-state index is 0.275. The monoisotopic (exact) mass is 127 g/mol. The summed E-state index contributed by atoms with van der Waals surface area (Å²) < 4.78 is 5.04. The number of aromatic amines is 1. The number of H-pyrrole nitrogens is 1. The van der Waals surface area contributed by atoms with Gasteiger partial charge in [-0.15, -0.1) is 0 Å². The Labute approximate surface area is 53.0 Å². The van der Waals surface area contributed by atoms with Crippen LogP contribution >= 0.6 is 0 Å². The third-order valence-corrected chi connectivity index (χ3v) is 0.795. The van der Waals surface area contributed by atoms with Crippen LogP contribution in [0.5, 0.6) is 5.75 Å². The van der Waals surface area contributed by atoms with E-state index in [4.69, 9.17) is 10.5 Å². The number of nitrogens with one attached hydrogen (secondary N) is 1. The van der Waals surface area contributed by atoms with Crippen LogP contribution in [-0.2, 0) is 0 Å². The molecule has 9 heavy (non-hydrogen) atoms. The van der Waals surface area contributed by atoms with E-state index >= 15 is 0 Å².